The number of ether oxygens (including phenoxy) is 2. The van der Waals surface area contributed by atoms with Crippen LogP contribution in [0, 0.1) is 6.92 Å². The number of hydrogen-bond acceptors (Lipinski definition) is 3. The van der Waals surface area contributed by atoms with Crippen LogP contribution in [-0.2, 0) is 13.0 Å². The van der Waals surface area contributed by atoms with Crippen LogP contribution in [-0.4, -0.2) is 30.4 Å². The van der Waals surface area contributed by atoms with E-state index in [9.17, 15) is 5.11 Å². The Morgan fingerprint density at radius 2 is 2.04 bits per heavy atom. The van der Waals surface area contributed by atoms with Gasteiger partial charge in [0.25, 0.3) is 0 Å². The minimum atomic E-state index is 0.249. The summed E-state index contributed by atoms with van der Waals surface area (Å²) in [4.78, 5) is 3.44. The summed E-state index contributed by atoms with van der Waals surface area (Å²) in [5.41, 5.74) is 4.55. The number of H-pyrrole nitrogens is 1. The number of fused-ring (bicyclic) bond motifs is 1. The maximum Gasteiger partial charge on any atom is 0.166 e. The molecule has 4 N–H and O–H groups in total. The number of aryl methyl sites for hydroxylation is 1. The fourth-order valence-corrected chi connectivity index (χ4v) is 3.32. The summed E-state index contributed by atoms with van der Waals surface area (Å²) in [7, 11) is 1.69. The molecule has 5 nitrogen and oxygen atoms in total. The predicted molar refractivity (Wildman–Crippen MR) is 103 cm³/mol. The Kier molecular flexibility index (Phi) is 5.68. The quantitative estimate of drug-likeness (QED) is 0.544. The highest BCUT2D eigenvalue weighted by Crippen LogP contribution is 2.29. The zero-order chi connectivity index (χ0) is 18.5. The summed E-state index contributed by atoms with van der Waals surface area (Å²) >= 11 is 0. The molecule has 0 aliphatic heterocycles. The number of phenols is 1. The van der Waals surface area contributed by atoms with E-state index in [1.807, 2.05) is 25.1 Å². The van der Waals surface area contributed by atoms with Crippen LogP contribution < -0.4 is 14.8 Å². The molecule has 0 aliphatic carbocycles. The standard InChI is InChI=1S/C21H26N2O3/c1-4-26-20-7-5-6-15(21(20)24)13-22-11-10-17-14(2)23-19-9-8-16(25-3)12-18(17)19/h5-9,12,22-24H,4,10-11,13H2,1-3H3/p+1. The first kappa shape index (κ1) is 18.1. The van der Waals surface area contributed by atoms with Crippen molar-refractivity contribution in [1.82, 2.24) is 4.98 Å². The molecule has 3 rings (SSSR count). The average molecular weight is 355 g/mol. The van der Waals surface area contributed by atoms with Gasteiger partial charge in [0.1, 0.15) is 12.3 Å². The summed E-state index contributed by atoms with van der Waals surface area (Å²) in [6.45, 7) is 6.22. The second-order valence-electron chi connectivity index (χ2n) is 6.37. The monoisotopic (exact) mass is 355 g/mol. The van der Waals surface area contributed by atoms with Crippen molar-refractivity contribution in [2.45, 2.75) is 26.8 Å². The molecule has 3 aromatic rings. The van der Waals surface area contributed by atoms with Crippen molar-refractivity contribution in [1.29, 1.82) is 0 Å². The minimum absolute atomic E-state index is 0.249. The van der Waals surface area contributed by atoms with Crippen LogP contribution in [0.5, 0.6) is 17.2 Å². The zero-order valence-corrected chi connectivity index (χ0v) is 15.6. The van der Waals surface area contributed by atoms with Gasteiger partial charge < -0.3 is 24.9 Å². The fraction of sp³-hybridized carbons (Fsp3) is 0.333. The molecule has 5 heteroatoms. The molecule has 138 valence electrons. The molecule has 0 spiro atoms. The summed E-state index contributed by atoms with van der Waals surface area (Å²) in [5.74, 6) is 1.68. The van der Waals surface area contributed by atoms with Crippen LogP contribution in [0.1, 0.15) is 23.7 Å². The van der Waals surface area contributed by atoms with Gasteiger partial charge in [0.15, 0.2) is 11.5 Å². The molecule has 0 unspecified atom stereocenters. The maximum absolute atomic E-state index is 10.3. The van der Waals surface area contributed by atoms with Gasteiger partial charge in [-0.15, -0.1) is 0 Å². The molecule has 0 amide bonds. The van der Waals surface area contributed by atoms with Crippen molar-refractivity contribution < 1.29 is 19.9 Å². The first-order valence-electron chi connectivity index (χ1n) is 9.04. The van der Waals surface area contributed by atoms with Gasteiger partial charge in [-0.1, -0.05) is 6.07 Å². The lowest BCUT2D eigenvalue weighted by Crippen LogP contribution is -2.83. The van der Waals surface area contributed by atoms with E-state index in [1.165, 1.54) is 16.6 Å². The second kappa shape index (κ2) is 8.15. The topological polar surface area (TPSA) is 71.1 Å². The Morgan fingerprint density at radius 3 is 2.81 bits per heavy atom. The molecule has 0 bridgehead atoms. The molecule has 0 saturated heterocycles. The largest absolute Gasteiger partial charge is 0.504 e. The van der Waals surface area contributed by atoms with Crippen molar-refractivity contribution in [2.24, 2.45) is 0 Å². The van der Waals surface area contributed by atoms with Crippen LogP contribution in [0.3, 0.4) is 0 Å². The normalized spacial score (nSPS) is 11.0. The second-order valence-corrected chi connectivity index (χ2v) is 6.37. The van der Waals surface area contributed by atoms with Crippen LogP contribution in [0.15, 0.2) is 36.4 Å². The van der Waals surface area contributed by atoms with Crippen LogP contribution >= 0.6 is 0 Å². The fourth-order valence-electron chi connectivity index (χ4n) is 3.32. The van der Waals surface area contributed by atoms with Gasteiger partial charge in [-0.05, 0) is 49.7 Å². The van der Waals surface area contributed by atoms with E-state index in [2.05, 4.69) is 29.4 Å². The average Bonchev–Trinajstić information content (AvgIpc) is 2.96. The van der Waals surface area contributed by atoms with Gasteiger partial charge in [0.05, 0.1) is 25.8 Å². The molecule has 0 fully saturated rings. The van der Waals surface area contributed by atoms with E-state index in [0.29, 0.717) is 12.4 Å². The Hall–Kier alpha value is -2.66. The van der Waals surface area contributed by atoms with Gasteiger partial charge in [0.2, 0.25) is 0 Å². The third-order valence-electron chi connectivity index (χ3n) is 4.67. The number of phenolic OH excluding ortho intramolecular Hbond substituents is 1. The van der Waals surface area contributed by atoms with Gasteiger partial charge in [-0.25, -0.2) is 0 Å². The maximum atomic E-state index is 10.3. The number of aromatic hydroxyl groups is 1. The number of rotatable bonds is 8. The van der Waals surface area contributed by atoms with Gasteiger partial charge in [0, 0.05) is 23.0 Å². The molecule has 1 aromatic heterocycles. The molecule has 2 aromatic carbocycles. The van der Waals surface area contributed by atoms with E-state index in [-0.39, 0.29) is 5.75 Å². The summed E-state index contributed by atoms with van der Waals surface area (Å²) in [6, 6.07) is 11.8. The van der Waals surface area contributed by atoms with E-state index in [4.69, 9.17) is 9.47 Å². The molecular formula is C21H27N2O3+. The van der Waals surface area contributed by atoms with Crippen LogP contribution in [0.4, 0.5) is 0 Å². The van der Waals surface area contributed by atoms with E-state index in [1.54, 1.807) is 13.2 Å². The van der Waals surface area contributed by atoms with E-state index < -0.39 is 0 Å². The smallest absolute Gasteiger partial charge is 0.166 e. The van der Waals surface area contributed by atoms with E-state index >= 15 is 0 Å². The van der Waals surface area contributed by atoms with Crippen molar-refractivity contribution in [2.75, 3.05) is 20.3 Å². The summed E-state index contributed by atoms with van der Waals surface area (Å²) in [6.07, 6.45) is 0.949. The Balaban J connectivity index is 1.65. The molecule has 1 heterocycles. The van der Waals surface area contributed by atoms with E-state index in [0.717, 1.165) is 36.3 Å². The molecule has 26 heavy (non-hydrogen) atoms. The van der Waals surface area contributed by atoms with Gasteiger partial charge in [-0.3, -0.25) is 0 Å². The summed E-state index contributed by atoms with van der Waals surface area (Å²) in [5, 5.41) is 13.7. The SMILES string of the molecule is CCOc1cccc(C[NH2+]CCc2c(C)[nH]c3ccc(OC)cc23)c1O. The molecule has 0 atom stereocenters. The molecule has 0 saturated carbocycles. The number of nitrogens with one attached hydrogen (secondary N) is 1. The van der Waals surface area contributed by atoms with Crippen LogP contribution in [0.25, 0.3) is 10.9 Å². The van der Waals surface area contributed by atoms with Gasteiger partial charge >= 0.3 is 0 Å². The van der Waals surface area contributed by atoms with Crippen LogP contribution in [0.2, 0.25) is 0 Å². The first-order valence-corrected chi connectivity index (χ1v) is 9.04. The Morgan fingerprint density at radius 1 is 1.19 bits per heavy atom. The number of hydrogen-bond donors (Lipinski definition) is 3. The Bertz CT molecular complexity index is 886. The minimum Gasteiger partial charge on any atom is -0.504 e. The van der Waals surface area contributed by atoms with Crippen molar-refractivity contribution in [3.63, 3.8) is 0 Å². The third-order valence-corrected chi connectivity index (χ3v) is 4.67. The van der Waals surface area contributed by atoms with Crippen molar-refractivity contribution >= 4 is 10.9 Å². The number of para-hydroxylation sites is 1. The lowest BCUT2D eigenvalue weighted by atomic mass is 10.1. The number of aromatic nitrogens is 1. The summed E-state index contributed by atoms with van der Waals surface area (Å²) < 4.78 is 10.8. The lowest BCUT2D eigenvalue weighted by molar-refractivity contribution is -0.670. The first-order chi connectivity index (χ1) is 12.6. The lowest BCUT2D eigenvalue weighted by Gasteiger charge is -2.09. The zero-order valence-electron chi connectivity index (χ0n) is 15.6. The molecule has 0 aliphatic rings. The van der Waals surface area contributed by atoms with Gasteiger partial charge in [-0.2, -0.15) is 0 Å². The van der Waals surface area contributed by atoms with Crippen molar-refractivity contribution in [3.05, 3.63) is 53.2 Å². The predicted octanol–water partition coefficient (Wildman–Crippen LogP) is 2.90. The number of quaternary nitrogens is 1. The third kappa shape index (κ3) is 3.78. The Labute approximate surface area is 154 Å². The molecule has 0 radical (unpaired) electrons. The van der Waals surface area contributed by atoms with Crippen molar-refractivity contribution in [3.8, 4) is 17.2 Å². The highest BCUT2D eigenvalue weighted by molar-refractivity contribution is 5.86. The highest BCUT2D eigenvalue weighted by atomic mass is 16.5. The number of aromatic amines is 1. The number of nitrogens with two attached hydrogens (primary N) is 1. The number of methoxy groups -OCH3 is 1. The molecular weight excluding hydrogens is 328 g/mol. The number of benzene rings is 2. The highest BCUT2D eigenvalue weighted by Gasteiger charge is 2.12.